The number of hydrogen-bond acceptors (Lipinski definition) is 5. The molecule has 1 amide bonds. The molecule has 1 unspecified atom stereocenters. The number of benzodiazepines with no additional fused rings is 1. The van der Waals surface area contributed by atoms with Crippen molar-refractivity contribution >= 4 is 23.3 Å². The number of aromatic amines is 1. The van der Waals surface area contributed by atoms with Crippen LogP contribution in [0.5, 0.6) is 0 Å². The van der Waals surface area contributed by atoms with Gasteiger partial charge in [0.25, 0.3) is 5.91 Å². The molecule has 3 N–H and O–H groups in total. The van der Waals surface area contributed by atoms with Crippen LogP contribution in [-0.4, -0.2) is 33.0 Å². The number of fused-ring (bicyclic) bond motifs is 1. The zero-order valence-corrected chi connectivity index (χ0v) is 15.9. The monoisotopic (exact) mass is 394 g/mol. The van der Waals surface area contributed by atoms with E-state index in [2.05, 4.69) is 25.8 Å². The summed E-state index contributed by atoms with van der Waals surface area (Å²) in [5.74, 6) is 0.713. The van der Waals surface area contributed by atoms with Crippen LogP contribution in [0, 0.1) is 0 Å². The van der Waals surface area contributed by atoms with Crippen LogP contribution in [0.4, 0.5) is 11.6 Å². The van der Waals surface area contributed by atoms with Crippen molar-refractivity contribution in [1.29, 1.82) is 0 Å². The van der Waals surface area contributed by atoms with Crippen LogP contribution in [0.1, 0.15) is 11.1 Å². The molecule has 7 heteroatoms. The number of aromatic nitrogens is 3. The number of benzene rings is 3. The molecule has 0 saturated carbocycles. The van der Waals surface area contributed by atoms with Crippen LogP contribution in [0.25, 0.3) is 11.4 Å². The van der Waals surface area contributed by atoms with E-state index in [1.807, 2.05) is 84.9 Å². The molecule has 146 valence electrons. The summed E-state index contributed by atoms with van der Waals surface area (Å²) in [7, 11) is 0. The predicted octanol–water partition coefficient (Wildman–Crippen LogP) is 3.70. The molecule has 5 rings (SSSR count). The van der Waals surface area contributed by atoms with Gasteiger partial charge in [-0.3, -0.25) is 4.79 Å². The number of nitrogens with zero attached hydrogens (tertiary/aromatic N) is 3. The van der Waals surface area contributed by atoms with Crippen molar-refractivity contribution in [2.24, 2.45) is 4.99 Å². The normalized spacial score (nSPS) is 15.5. The van der Waals surface area contributed by atoms with Crippen molar-refractivity contribution < 1.29 is 4.79 Å². The zero-order chi connectivity index (χ0) is 20.3. The van der Waals surface area contributed by atoms with E-state index in [1.165, 1.54) is 0 Å². The van der Waals surface area contributed by atoms with Gasteiger partial charge in [-0.05, 0) is 6.07 Å². The molecule has 0 spiro atoms. The average molecular weight is 394 g/mol. The molecule has 1 aliphatic rings. The van der Waals surface area contributed by atoms with Gasteiger partial charge in [0.05, 0.1) is 11.4 Å². The largest absolute Gasteiger partial charge is 0.325 e. The highest BCUT2D eigenvalue weighted by Gasteiger charge is 2.26. The van der Waals surface area contributed by atoms with E-state index in [-0.39, 0.29) is 5.91 Å². The summed E-state index contributed by atoms with van der Waals surface area (Å²) in [5.41, 5.74) is 4.14. The predicted molar refractivity (Wildman–Crippen MR) is 116 cm³/mol. The number of rotatable bonds is 4. The van der Waals surface area contributed by atoms with Gasteiger partial charge in [0.1, 0.15) is 0 Å². The maximum atomic E-state index is 12.9. The quantitative estimate of drug-likeness (QED) is 0.492. The lowest BCUT2D eigenvalue weighted by Gasteiger charge is -2.12. The third kappa shape index (κ3) is 3.44. The first-order valence-electron chi connectivity index (χ1n) is 9.56. The van der Waals surface area contributed by atoms with Gasteiger partial charge in [-0.1, -0.05) is 78.9 Å². The molecule has 0 bridgehead atoms. The molecule has 0 aliphatic carbocycles. The fourth-order valence-electron chi connectivity index (χ4n) is 3.36. The van der Waals surface area contributed by atoms with Crippen LogP contribution in [0.3, 0.4) is 0 Å². The van der Waals surface area contributed by atoms with Crippen molar-refractivity contribution in [2.45, 2.75) is 6.17 Å². The highest BCUT2D eigenvalue weighted by molar-refractivity contribution is 6.19. The van der Waals surface area contributed by atoms with Crippen molar-refractivity contribution in [2.75, 3.05) is 10.6 Å². The summed E-state index contributed by atoms with van der Waals surface area (Å²) in [5, 5.41) is 14.3. The minimum absolute atomic E-state index is 0.272. The van der Waals surface area contributed by atoms with Crippen molar-refractivity contribution in [1.82, 2.24) is 15.2 Å². The topological polar surface area (TPSA) is 95.1 Å². The Hall–Kier alpha value is -4.26. The minimum atomic E-state index is -0.871. The SMILES string of the molecule is O=C1Nc2ccccc2C(c2ccccc2)=NC1Nc1nnc(-c2ccccc2)[nH]1. The van der Waals surface area contributed by atoms with Gasteiger partial charge in [-0.2, -0.15) is 0 Å². The summed E-state index contributed by atoms with van der Waals surface area (Å²) in [6.45, 7) is 0. The second-order valence-corrected chi connectivity index (χ2v) is 6.81. The van der Waals surface area contributed by atoms with Crippen LogP contribution in [-0.2, 0) is 4.79 Å². The van der Waals surface area contributed by atoms with Crippen molar-refractivity contribution in [3.63, 3.8) is 0 Å². The molecule has 1 aromatic heterocycles. The number of carbonyl (C=O) groups is 1. The summed E-state index contributed by atoms with van der Waals surface area (Å²) < 4.78 is 0. The third-order valence-corrected chi connectivity index (χ3v) is 4.80. The van der Waals surface area contributed by atoms with E-state index in [1.54, 1.807) is 0 Å². The molecular formula is C23H18N6O. The van der Waals surface area contributed by atoms with Gasteiger partial charge >= 0.3 is 0 Å². The Morgan fingerprint density at radius 2 is 1.43 bits per heavy atom. The van der Waals surface area contributed by atoms with Crippen molar-refractivity contribution in [3.8, 4) is 11.4 Å². The van der Waals surface area contributed by atoms with Gasteiger partial charge in [0.15, 0.2) is 5.82 Å². The number of anilines is 2. The van der Waals surface area contributed by atoms with E-state index in [9.17, 15) is 4.79 Å². The number of para-hydroxylation sites is 1. The first kappa shape index (κ1) is 17.8. The van der Waals surface area contributed by atoms with Crippen LogP contribution in [0.15, 0.2) is 89.9 Å². The second-order valence-electron chi connectivity index (χ2n) is 6.81. The van der Waals surface area contributed by atoms with Gasteiger partial charge in [-0.25, -0.2) is 4.99 Å². The fraction of sp³-hybridized carbons (Fsp3) is 0.0435. The fourth-order valence-corrected chi connectivity index (χ4v) is 3.36. The Balaban J connectivity index is 1.51. The van der Waals surface area contributed by atoms with Gasteiger partial charge in [-0.15, -0.1) is 10.2 Å². The highest BCUT2D eigenvalue weighted by Crippen LogP contribution is 2.24. The lowest BCUT2D eigenvalue weighted by Crippen LogP contribution is -2.33. The number of H-pyrrole nitrogens is 1. The molecule has 0 fully saturated rings. The third-order valence-electron chi connectivity index (χ3n) is 4.80. The molecule has 30 heavy (non-hydrogen) atoms. The Morgan fingerprint density at radius 1 is 0.767 bits per heavy atom. The van der Waals surface area contributed by atoms with Crippen LogP contribution < -0.4 is 10.6 Å². The average Bonchev–Trinajstić information content (AvgIpc) is 3.21. The lowest BCUT2D eigenvalue weighted by atomic mass is 10.0. The Kier molecular flexibility index (Phi) is 4.53. The Bertz CT molecular complexity index is 1220. The summed E-state index contributed by atoms with van der Waals surface area (Å²) >= 11 is 0. The van der Waals surface area contributed by atoms with Crippen LogP contribution >= 0.6 is 0 Å². The number of amides is 1. The first-order chi connectivity index (χ1) is 14.8. The molecule has 1 atom stereocenters. The summed E-state index contributed by atoms with van der Waals surface area (Å²) in [4.78, 5) is 20.8. The van der Waals surface area contributed by atoms with E-state index in [0.29, 0.717) is 11.8 Å². The summed E-state index contributed by atoms with van der Waals surface area (Å²) in [6, 6.07) is 27.1. The molecule has 3 aromatic carbocycles. The van der Waals surface area contributed by atoms with E-state index in [0.717, 1.165) is 28.1 Å². The van der Waals surface area contributed by atoms with Crippen molar-refractivity contribution in [3.05, 3.63) is 96.1 Å². The highest BCUT2D eigenvalue weighted by atomic mass is 16.2. The molecule has 4 aromatic rings. The smallest absolute Gasteiger partial charge is 0.269 e. The standard InChI is InChI=1S/C23H18N6O/c30-22-21(27-23-26-20(28-29-23)16-11-5-2-6-12-16)25-19(15-9-3-1-4-10-15)17-13-7-8-14-18(17)24-22/h1-14,21H,(H,24,30)(H2,26,27,28,29). The zero-order valence-electron chi connectivity index (χ0n) is 15.9. The molecule has 0 saturated heterocycles. The summed E-state index contributed by atoms with van der Waals surface area (Å²) in [6.07, 6.45) is -0.871. The molecule has 1 aliphatic heterocycles. The maximum absolute atomic E-state index is 12.9. The lowest BCUT2D eigenvalue weighted by molar-refractivity contribution is -0.116. The minimum Gasteiger partial charge on any atom is -0.325 e. The second kappa shape index (κ2) is 7.63. The maximum Gasteiger partial charge on any atom is 0.269 e. The number of nitrogens with one attached hydrogen (secondary N) is 3. The Morgan fingerprint density at radius 3 is 2.20 bits per heavy atom. The number of carbonyl (C=O) groups excluding carboxylic acids is 1. The van der Waals surface area contributed by atoms with E-state index < -0.39 is 6.17 Å². The Labute approximate surface area is 172 Å². The van der Waals surface area contributed by atoms with Gasteiger partial charge < -0.3 is 15.6 Å². The number of hydrogen-bond donors (Lipinski definition) is 3. The molecule has 7 nitrogen and oxygen atoms in total. The van der Waals surface area contributed by atoms with E-state index in [4.69, 9.17) is 4.99 Å². The van der Waals surface area contributed by atoms with Gasteiger partial charge in [0.2, 0.25) is 12.1 Å². The van der Waals surface area contributed by atoms with Gasteiger partial charge in [0, 0.05) is 16.7 Å². The van der Waals surface area contributed by atoms with E-state index >= 15 is 0 Å². The molecule has 2 heterocycles. The molecular weight excluding hydrogens is 376 g/mol. The molecule has 0 radical (unpaired) electrons. The first-order valence-corrected chi connectivity index (χ1v) is 9.56. The number of aliphatic imine (C=N–C) groups is 1. The van der Waals surface area contributed by atoms with Crippen LogP contribution in [0.2, 0.25) is 0 Å².